The highest BCUT2D eigenvalue weighted by molar-refractivity contribution is 5.73. The highest BCUT2D eigenvalue weighted by Crippen LogP contribution is 2.62. The molecule has 0 unspecified atom stereocenters. The van der Waals surface area contributed by atoms with Gasteiger partial charge in [0.25, 0.3) is 0 Å². The van der Waals surface area contributed by atoms with E-state index < -0.39 is 48.9 Å². The van der Waals surface area contributed by atoms with Crippen molar-refractivity contribution < 1.29 is 44.5 Å². The topological polar surface area (TPSA) is 158 Å². The lowest BCUT2D eigenvalue weighted by molar-refractivity contribution is -0.271. The minimum atomic E-state index is -1.79. The molecule has 0 amide bonds. The van der Waals surface area contributed by atoms with Gasteiger partial charge < -0.3 is 45.1 Å². The average molecular weight is 449 g/mol. The van der Waals surface area contributed by atoms with Gasteiger partial charge in [0.15, 0.2) is 17.6 Å². The molecule has 2 bridgehead atoms. The molecule has 0 aromatic heterocycles. The van der Waals surface area contributed by atoms with Crippen LogP contribution in [0.4, 0.5) is 0 Å². The molecule has 6 rings (SSSR count). The molecule has 6 N–H and O–H groups in total. The number of aliphatic hydroxyl groups is 4. The van der Waals surface area contributed by atoms with Gasteiger partial charge in [0.1, 0.15) is 24.4 Å². The predicted molar refractivity (Wildman–Crippen MR) is 106 cm³/mol. The zero-order chi connectivity index (χ0) is 22.4. The zero-order valence-corrected chi connectivity index (χ0v) is 17.3. The summed E-state index contributed by atoms with van der Waals surface area (Å²) in [6, 6.07) is 3.95. The first-order valence-electron chi connectivity index (χ1n) is 11.2. The summed E-state index contributed by atoms with van der Waals surface area (Å²) in [5.74, 6) is -0.396. The first-order chi connectivity index (χ1) is 15.3. The van der Waals surface area contributed by atoms with E-state index in [2.05, 4.69) is 5.32 Å². The van der Waals surface area contributed by atoms with Crippen LogP contribution >= 0.6 is 0 Å². The number of piperidine rings is 1. The lowest BCUT2D eigenvalue weighted by Gasteiger charge is -2.56. The van der Waals surface area contributed by atoms with Crippen LogP contribution in [0.25, 0.3) is 0 Å². The van der Waals surface area contributed by atoms with E-state index in [1.165, 1.54) is 0 Å². The second-order valence-corrected chi connectivity index (χ2v) is 9.62. The Bertz CT molecular complexity index is 956. The Labute approximate surface area is 183 Å². The second kappa shape index (κ2) is 7.02. The molecule has 10 heteroatoms. The van der Waals surface area contributed by atoms with Crippen molar-refractivity contribution in [1.29, 1.82) is 0 Å². The number of hydrogen-bond acceptors (Lipinski definition) is 9. The van der Waals surface area contributed by atoms with Crippen LogP contribution < -0.4 is 14.8 Å². The van der Waals surface area contributed by atoms with E-state index >= 15 is 0 Å². The molecule has 1 aromatic rings. The lowest BCUT2D eigenvalue weighted by atomic mass is 9.52. The van der Waals surface area contributed by atoms with E-state index in [4.69, 9.17) is 14.2 Å². The van der Waals surface area contributed by atoms with Crippen LogP contribution in [0, 0.1) is 5.92 Å². The van der Waals surface area contributed by atoms with Gasteiger partial charge in [-0.25, -0.2) is 4.79 Å². The van der Waals surface area contributed by atoms with E-state index in [1.807, 2.05) is 6.07 Å². The Morgan fingerprint density at radius 1 is 1.12 bits per heavy atom. The van der Waals surface area contributed by atoms with Crippen LogP contribution in [-0.4, -0.2) is 87.0 Å². The molecule has 2 aliphatic carbocycles. The molecule has 0 radical (unpaired) electrons. The number of carboxylic acids is 1. The first-order valence-corrected chi connectivity index (χ1v) is 11.2. The molecule has 2 saturated heterocycles. The summed E-state index contributed by atoms with van der Waals surface area (Å²) in [5, 5.41) is 54.2. The maximum atomic E-state index is 11.4. The fraction of sp³-hybridized carbons (Fsp3) is 0.682. The summed E-state index contributed by atoms with van der Waals surface area (Å²) in [4.78, 5) is 11.4. The van der Waals surface area contributed by atoms with Gasteiger partial charge in [-0.05, 0) is 49.8 Å². The van der Waals surface area contributed by atoms with Crippen LogP contribution in [0.2, 0.25) is 0 Å². The summed E-state index contributed by atoms with van der Waals surface area (Å²) in [6.45, 7) is 0.826. The van der Waals surface area contributed by atoms with Crippen LogP contribution in [0.15, 0.2) is 12.1 Å². The maximum Gasteiger partial charge on any atom is 0.335 e. The third-order valence-corrected chi connectivity index (χ3v) is 8.14. The number of carboxylic acid groups (broad SMARTS) is 1. The summed E-state index contributed by atoms with van der Waals surface area (Å²) in [7, 11) is 0. The molecule has 1 aromatic carbocycles. The fourth-order valence-electron chi connectivity index (χ4n) is 6.79. The van der Waals surface area contributed by atoms with Crippen molar-refractivity contribution in [1.82, 2.24) is 5.32 Å². The highest BCUT2D eigenvalue weighted by atomic mass is 16.7. The quantitative estimate of drug-likeness (QED) is 0.326. The molecule has 3 aliphatic heterocycles. The molecule has 3 heterocycles. The van der Waals surface area contributed by atoms with Crippen LogP contribution in [-0.2, 0) is 21.4 Å². The van der Waals surface area contributed by atoms with E-state index in [1.54, 1.807) is 6.07 Å². The third kappa shape index (κ3) is 2.59. The van der Waals surface area contributed by atoms with Crippen LogP contribution in [0.1, 0.15) is 30.4 Å². The summed E-state index contributed by atoms with van der Waals surface area (Å²) < 4.78 is 17.5. The minimum absolute atomic E-state index is 0.257. The monoisotopic (exact) mass is 449 g/mol. The van der Waals surface area contributed by atoms with Crippen molar-refractivity contribution in [2.75, 3.05) is 6.54 Å². The summed E-state index contributed by atoms with van der Waals surface area (Å²) >= 11 is 0. The first kappa shape index (κ1) is 20.6. The van der Waals surface area contributed by atoms with E-state index in [0.717, 1.165) is 36.9 Å². The molecular formula is C22H27NO9. The van der Waals surface area contributed by atoms with Gasteiger partial charge >= 0.3 is 5.97 Å². The molecule has 1 spiro atoms. The van der Waals surface area contributed by atoms with Crippen molar-refractivity contribution in [3.63, 3.8) is 0 Å². The molecule has 5 aliphatic rings. The average Bonchev–Trinajstić information content (AvgIpc) is 3.11. The molecule has 1 saturated carbocycles. The molecule has 32 heavy (non-hydrogen) atoms. The standard InChI is InChI=1S/C22H27NO9/c24-11-3-2-9-10-7-8-1-4-12(17-13(8)22(9,5-6-23-10)19(11)31-17)30-21-16(27)14(25)15(26)18(32-21)20(28)29/h1,4,9-11,14-16,18-19,21,23-27H,2-3,5-7H2,(H,28,29)/t9-,10+,11-,14-,15-,16+,18-,19-,21+,22-/m0/s1. The van der Waals surface area contributed by atoms with Crippen molar-refractivity contribution in [3.8, 4) is 11.5 Å². The van der Waals surface area contributed by atoms with Gasteiger partial charge in [-0.15, -0.1) is 0 Å². The number of aliphatic carboxylic acids is 1. The predicted octanol–water partition coefficient (Wildman–Crippen LogP) is -1.35. The Balaban J connectivity index is 1.39. The number of aliphatic hydroxyl groups excluding tert-OH is 4. The number of ether oxygens (including phenoxy) is 3. The smallest absolute Gasteiger partial charge is 0.335 e. The van der Waals surface area contributed by atoms with Gasteiger partial charge in [0.05, 0.1) is 6.10 Å². The van der Waals surface area contributed by atoms with Crippen molar-refractivity contribution >= 4 is 5.97 Å². The molecule has 174 valence electrons. The van der Waals surface area contributed by atoms with Gasteiger partial charge in [-0.1, -0.05) is 6.07 Å². The number of carbonyl (C=O) groups is 1. The normalized spacial score (nSPS) is 46.2. The second-order valence-electron chi connectivity index (χ2n) is 9.62. The van der Waals surface area contributed by atoms with Gasteiger partial charge in [-0.3, -0.25) is 0 Å². The largest absolute Gasteiger partial charge is 0.483 e. The Morgan fingerprint density at radius 2 is 1.94 bits per heavy atom. The molecular weight excluding hydrogens is 422 g/mol. The van der Waals surface area contributed by atoms with E-state index in [9.17, 15) is 30.3 Å². The molecule has 10 nitrogen and oxygen atoms in total. The zero-order valence-electron chi connectivity index (χ0n) is 17.3. The van der Waals surface area contributed by atoms with Gasteiger partial charge in [0, 0.05) is 17.0 Å². The fourth-order valence-corrected chi connectivity index (χ4v) is 6.79. The maximum absolute atomic E-state index is 11.4. The molecule has 3 fully saturated rings. The van der Waals surface area contributed by atoms with Crippen LogP contribution in [0.5, 0.6) is 11.5 Å². The SMILES string of the molecule is O=C(O)[C@H]1O[C@@H](Oc2ccc3c4c2O[C@H]2[C@@H](O)CC[C@H]5[C@@H](C3)NCC[C@@]452)[C@H](O)[C@@H](O)[C@@H]1O. The van der Waals surface area contributed by atoms with E-state index in [-0.39, 0.29) is 11.2 Å². The lowest BCUT2D eigenvalue weighted by Crippen LogP contribution is -2.66. The van der Waals surface area contributed by atoms with Crippen molar-refractivity contribution in [3.05, 3.63) is 23.3 Å². The molecule has 10 atom stereocenters. The summed E-state index contributed by atoms with van der Waals surface area (Å²) in [5.41, 5.74) is 1.84. The van der Waals surface area contributed by atoms with E-state index in [0.29, 0.717) is 24.1 Å². The number of nitrogens with one attached hydrogen (secondary N) is 1. The Morgan fingerprint density at radius 3 is 2.72 bits per heavy atom. The minimum Gasteiger partial charge on any atom is -0.483 e. The summed E-state index contributed by atoms with van der Waals surface area (Å²) in [6.07, 6.45) is -6.25. The Kier molecular flexibility index (Phi) is 4.53. The Hall–Kier alpha value is -1.95. The number of rotatable bonds is 3. The van der Waals surface area contributed by atoms with Gasteiger partial charge in [0.2, 0.25) is 6.29 Å². The third-order valence-electron chi connectivity index (χ3n) is 8.14. The number of hydrogen-bond donors (Lipinski definition) is 6. The van der Waals surface area contributed by atoms with Crippen molar-refractivity contribution in [2.45, 2.75) is 80.1 Å². The number of benzene rings is 1. The van der Waals surface area contributed by atoms with Crippen molar-refractivity contribution in [2.24, 2.45) is 5.92 Å². The van der Waals surface area contributed by atoms with Gasteiger partial charge in [-0.2, -0.15) is 0 Å². The highest BCUT2D eigenvalue weighted by Gasteiger charge is 2.64. The van der Waals surface area contributed by atoms with Crippen LogP contribution in [0.3, 0.4) is 0 Å².